The number of ether oxygens (including phenoxy) is 1. The second-order valence-corrected chi connectivity index (χ2v) is 2.13. The Morgan fingerprint density at radius 2 is 2.50 bits per heavy atom. The smallest absolute Gasteiger partial charge is 0.139 e. The minimum Gasteiger partial charge on any atom is -0.396 e. The maximum atomic E-state index is 5.53. The highest BCUT2D eigenvalue weighted by Crippen LogP contribution is 2.05. The molecule has 10 heavy (non-hydrogen) atoms. The van der Waals surface area contributed by atoms with Crippen molar-refractivity contribution >= 4 is 5.69 Å². The number of nitrogens with zero attached hydrogens (tertiary/aromatic N) is 2. The molecule has 1 aromatic heterocycles. The van der Waals surface area contributed by atoms with Crippen LogP contribution in [0.1, 0.15) is 5.69 Å². The summed E-state index contributed by atoms with van der Waals surface area (Å²) in [4.78, 5) is 0. The number of hydrogen-bond donors (Lipinski definition) is 1. The molecule has 0 aliphatic rings. The van der Waals surface area contributed by atoms with Gasteiger partial charge in [0.05, 0.1) is 17.6 Å². The molecule has 0 atom stereocenters. The number of rotatable bonds is 2. The van der Waals surface area contributed by atoms with Crippen LogP contribution in [0.5, 0.6) is 0 Å². The van der Waals surface area contributed by atoms with Crippen molar-refractivity contribution in [3.8, 4) is 0 Å². The van der Waals surface area contributed by atoms with Crippen LogP contribution in [0.15, 0.2) is 6.20 Å². The molecule has 0 saturated carbocycles. The van der Waals surface area contributed by atoms with Crippen LogP contribution in [-0.2, 0) is 11.5 Å². The van der Waals surface area contributed by atoms with E-state index >= 15 is 0 Å². The van der Waals surface area contributed by atoms with Crippen molar-refractivity contribution < 1.29 is 4.74 Å². The van der Waals surface area contributed by atoms with Gasteiger partial charge in [0.1, 0.15) is 6.73 Å². The maximum Gasteiger partial charge on any atom is 0.139 e. The van der Waals surface area contributed by atoms with E-state index in [0.717, 1.165) is 5.69 Å². The first-order valence-corrected chi connectivity index (χ1v) is 3.02. The van der Waals surface area contributed by atoms with Crippen LogP contribution in [0, 0.1) is 6.92 Å². The average molecular weight is 141 g/mol. The van der Waals surface area contributed by atoms with Crippen molar-refractivity contribution in [2.75, 3.05) is 12.8 Å². The summed E-state index contributed by atoms with van der Waals surface area (Å²) in [6.45, 7) is 2.32. The van der Waals surface area contributed by atoms with Gasteiger partial charge in [-0.05, 0) is 6.92 Å². The van der Waals surface area contributed by atoms with Crippen molar-refractivity contribution in [1.29, 1.82) is 0 Å². The van der Waals surface area contributed by atoms with Crippen LogP contribution < -0.4 is 5.73 Å². The number of aryl methyl sites for hydroxylation is 1. The van der Waals surface area contributed by atoms with Gasteiger partial charge in [-0.1, -0.05) is 0 Å². The highest BCUT2D eigenvalue weighted by atomic mass is 16.5. The van der Waals surface area contributed by atoms with Gasteiger partial charge in [0, 0.05) is 7.11 Å². The third-order valence-electron chi connectivity index (χ3n) is 1.25. The van der Waals surface area contributed by atoms with Gasteiger partial charge >= 0.3 is 0 Å². The Bertz CT molecular complexity index is 199. The SMILES string of the molecule is COCn1cc(N)c(C)n1. The molecule has 4 heteroatoms. The van der Waals surface area contributed by atoms with Crippen molar-refractivity contribution in [1.82, 2.24) is 9.78 Å². The molecule has 1 aromatic rings. The molecular formula is C6H11N3O. The molecule has 4 nitrogen and oxygen atoms in total. The van der Waals surface area contributed by atoms with Gasteiger partial charge in [-0.3, -0.25) is 0 Å². The van der Waals surface area contributed by atoms with Crippen LogP contribution in [0.4, 0.5) is 5.69 Å². The zero-order valence-corrected chi connectivity index (χ0v) is 6.16. The average Bonchev–Trinajstić information content (AvgIpc) is 2.14. The molecular weight excluding hydrogens is 130 g/mol. The van der Waals surface area contributed by atoms with E-state index in [1.54, 1.807) is 18.0 Å². The lowest BCUT2D eigenvalue weighted by Crippen LogP contribution is -1.99. The summed E-state index contributed by atoms with van der Waals surface area (Å²) in [6, 6.07) is 0. The molecule has 0 amide bonds. The van der Waals surface area contributed by atoms with Gasteiger partial charge in [-0.15, -0.1) is 0 Å². The third kappa shape index (κ3) is 1.27. The van der Waals surface area contributed by atoms with E-state index in [9.17, 15) is 0 Å². The molecule has 56 valence electrons. The van der Waals surface area contributed by atoms with Crippen molar-refractivity contribution in [2.45, 2.75) is 13.7 Å². The highest BCUT2D eigenvalue weighted by Gasteiger charge is 1.97. The second kappa shape index (κ2) is 2.70. The van der Waals surface area contributed by atoms with E-state index in [2.05, 4.69) is 5.10 Å². The van der Waals surface area contributed by atoms with Crippen LogP contribution in [0.3, 0.4) is 0 Å². The van der Waals surface area contributed by atoms with Crippen molar-refractivity contribution in [3.05, 3.63) is 11.9 Å². The topological polar surface area (TPSA) is 53.1 Å². The van der Waals surface area contributed by atoms with E-state index in [1.165, 1.54) is 0 Å². The predicted molar refractivity (Wildman–Crippen MR) is 38.4 cm³/mol. The number of nitrogens with two attached hydrogens (primary N) is 1. The van der Waals surface area contributed by atoms with E-state index in [0.29, 0.717) is 12.4 Å². The van der Waals surface area contributed by atoms with Gasteiger partial charge in [0.15, 0.2) is 0 Å². The molecule has 0 spiro atoms. The summed E-state index contributed by atoms with van der Waals surface area (Å²) >= 11 is 0. The molecule has 0 fully saturated rings. The first kappa shape index (κ1) is 7.08. The van der Waals surface area contributed by atoms with Gasteiger partial charge in [0.2, 0.25) is 0 Å². The minimum absolute atomic E-state index is 0.456. The van der Waals surface area contributed by atoms with Gasteiger partial charge in [-0.25, -0.2) is 4.68 Å². The number of aromatic nitrogens is 2. The Morgan fingerprint density at radius 3 is 2.90 bits per heavy atom. The molecule has 0 unspecified atom stereocenters. The molecule has 1 heterocycles. The standard InChI is InChI=1S/C6H11N3O/c1-5-6(7)3-9(8-5)4-10-2/h3H,4,7H2,1-2H3. The predicted octanol–water partition coefficient (Wildman–Crippen LogP) is 0.378. The maximum absolute atomic E-state index is 5.53. The first-order valence-electron chi connectivity index (χ1n) is 3.02. The van der Waals surface area contributed by atoms with Crippen LogP contribution in [0.25, 0.3) is 0 Å². The van der Waals surface area contributed by atoms with Crippen molar-refractivity contribution in [3.63, 3.8) is 0 Å². The lowest BCUT2D eigenvalue weighted by molar-refractivity contribution is 0.120. The Kier molecular flexibility index (Phi) is 1.91. The quantitative estimate of drug-likeness (QED) is 0.647. The first-order chi connectivity index (χ1) is 4.74. The summed E-state index contributed by atoms with van der Waals surface area (Å²) in [5.41, 5.74) is 7.08. The fraction of sp³-hybridized carbons (Fsp3) is 0.500. The highest BCUT2D eigenvalue weighted by molar-refractivity contribution is 5.39. The van der Waals surface area contributed by atoms with Gasteiger partial charge in [0.25, 0.3) is 0 Å². The molecule has 0 aliphatic carbocycles. The second-order valence-electron chi connectivity index (χ2n) is 2.13. The molecule has 2 N–H and O–H groups in total. The zero-order chi connectivity index (χ0) is 7.56. The summed E-state index contributed by atoms with van der Waals surface area (Å²) in [6.07, 6.45) is 1.75. The molecule has 0 bridgehead atoms. The fourth-order valence-corrected chi connectivity index (χ4v) is 0.732. The summed E-state index contributed by atoms with van der Waals surface area (Å²) < 4.78 is 6.50. The van der Waals surface area contributed by atoms with Gasteiger partial charge in [-0.2, -0.15) is 5.10 Å². The molecule has 0 radical (unpaired) electrons. The number of methoxy groups -OCH3 is 1. The largest absolute Gasteiger partial charge is 0.396 e. The summed E-state index contributed by atoms with van der Waals surface area (Å²) in [5.74, 6) is 0. The van der Waals surface area contributed by atoms with Crippen LogP contribution >= 0.6 is 0 Å². The zero-order valence-electron chi connectivity index (χ0n) is 6.16. The van der Waals surface area contributed by atoms with E-state index in [-0.39, 0.29) is 0 Å². The molecule has 1 rings (SSSR count). The lowest BCUT2D eigenvalue weighted by Gasteiger charge is -1.95. The van der Waals surface area contributed by atoms with Gasteiger partial charge < -0.3 is 10.5 Å². The third-order valence-corrected chi connectivity index (χ3v) is 1.25. The number of hydrogen-bond acceptors (Lipinski definition) is 3. The summed E-state index contributed by atoms with van der Waals surface area (Å²) in [5, 5.41) is 4.07. The van der Waals surface area contributed by atoms with E-state index in [4.69, 9.17) is 10.5 Å². The van der Waals surface area contributed by atoms with Crippen LogP contribution in [0.2, 0.25) is 0 Å². The van der Waals surface area contributed by atoms with E-state index < -0.39 is 0 Å². The van der Waals surface area contributed by atoms with E-state index in [1.807, 2.05) is 6.92 Å². The Hall–Kier alpha value is -1.03. The van der Waals surface area contributed by atoms with Crippen molar-refractivity contribution in [2.24, 2.45) is 0 Å². The molecule has 0 saturated heterocycles. The number of nitrogen functional groups attached to an aromatic ring is 1. The Balaban J connectivity index is 2.77. The Morgan fingerprint density at radius 1 is 1.80 bits per heavy atom. The molecule has 0 aromatic carbocycles. The normalized spacial score (nSPS) is 10.2. The minimum atomic E-state index is 0.456. The Labute approximate surface area is 59.6 Å². The number of anilines is 1. The molecule has 0 aliphatic heterocycles. The van der Waals surface area contributed by atoms with Crippen LogP contribution in [-0.4, -0.2) is 16.9 Å². The lowest BCUT2D eigenvalue weighted by atomic mass is 10.4. The fourth-order valence-electron chi connectivity index (χ4n) is 0.732. The monoisotopic (exact) mass is 141 g/mol. The summed E-state index contributed by atoms with van der Waals surface area (Å²) in [7, 11) is 1.62.